The highest BCUT2D eigenvalue weighted by Gasteiger charge is 2.26. The first-order valence-electron chi connectivity index (χ1n) is 5.51. The molecule has 15 heavy (non-hydrogen) atoms. The van der Waals surface area contributed by atoms with Gasteiger partial charge in [0.2, 0.25) is 0 Å². The number of ketones is 1. The average Bonchev–Trinajstić information content (AvgIpc) is 3.01. The number of Topliss-reactive ketones (excluding diaryl/α,β-unsaturated/α-hetero) is 1. The number of nitrogens with zero attached hydrogens (tertiary/aromatic N) is 1. The number of hydrogen-bond donors (Lipinski definition) is 0. The molecule has 0 heterocycles. The summed E-state index contributed by atoms with van der Waals surface area (Å²) in [6, 6.07) is 10.6. The zero-order valence-corrected chi connectivity index (χ0v) is 9.15. The number of likely N-dealkylation sites (N-methyl/N-ethyl adjacent to an activating group) is 1. The van der Waals surface area contributed by atoms with E-state index in [2.05, 4.69) is 4.90 Å². The third-order valence-corrected chi connectivity index (χ3v) is 2.84. The van der Waals surface area contributed by atoms with Crippen molar-refractivity contribution in [1.82, 2.24) is 4.90 Å². The van der Waals surface area contributed by atoms with E-state index in [0.29, 0.717) is 24.8 Å². The lowest BCUT2D eigenvalue weighted by atomic mass is 10.1. The third-order valence-electron chi connectivity index (χ3n) is 2.84. The number of carbonyl (C=O) groups is 1. The van der Waals surface area contributed by atoms with Crippen LogP contribution >= 0.6 is 0 Å². The molecule has 1 aromatic carbocycles. The monoisotopic (exact) mass is 203 g/mol. The lowest BCUT2D eigenvalue weighted by Gasteiger charge is -2.14. The topological polar surface area (TPSA) is 20.3 Å². The van der Waals surface area contributed by atoms with Gasteiger partial charge >= 0.3 is 0 Å². The van der Waals surface area contributed by atoms with E-state index >= 15 is 0 Å². The molecular formula is C13H17NO. The maximum Gasteiger partial charge on any atom is 0.151 e. The van der Waals surface area contributed by atoms with E-state index in [9.17, 15) is 4.79 Å². The molecule has 1 aliphatic carbocycles. The molecule has 2 heteroatoms. The summed E-state index contributed by atoms with van der Waals surface area (Å²) >= 11 is 0. The first-order valence-corrected chi connectivity index (χ1v) is 5.51. The van der Waals surface area contributed by atoms with Gasteiger partial charge in [0.25, 0.3) is 0 Å². The van der Waals surface area contributed by atoms with Crippen LogP contribution in [0.15, 0.2) is 30.3 Å². The van der Waals surface area contributed by atoms with E-state index < -0.39 is 0 Å². The zero-order chi connectivity index (χ0) is 10.7. The van der Waals surface area contributed by atoms with E-state index in [-0.39, 0.29) is 0 Å². The van der Waals surface area contributed by atoms with Gasteiger partial charge in [0, 0.05) is 12.5 Å². The molecule has 1 fully saturated rings. The third kappa shape index (κ3) is 3.17. The van der Waals surface area contributed by atoms with Gasteiger partial charge in [-0.15, -0.1) is 0 Å². The summed E-state index contributed by atoms with van der Waals surface area (Å²) in [5, 5.41) is 0. The molecule has 0 saturated heterocycles. The molecule has 0 radical (unpaired) electrons. The molecule has 0 atom stereocenters. The highest BCUT2D eigenvalue weighted by molar-refractivity contribution is 5.82. The van der Waals surface area contributed by atoms with Gasteiger partial charge in [-0.25, -0.2) is 0 Å². The Kier molecular flexibility index (Phi) is 3.17. The summed E-state index contributed by atoms with van der Waals surface area (Å²) in [5.41, 5.74) is 1.12. The Morgan fingerprint density at radius 2 is 2.00 bits per heavy atom. The fourth-order valence-electron chi connectivity index (χ4n) is 1.80. The van der Waals surface area contributed by atoms with Crippen LogP contribution in [0.25, 0.3) is 0 Å². The predicted octanol–water partition coefficient (Wildman–Crippen LogP) is 1.89. The first kappa shape index (κ1) is 10.4. The second-order valence-electron chi connectivity index (χ2n) is 4.35. The summed E-state index contributed by atoms with van der Waals surface area (Å²) in [4.78, 5) is 13.9. The van der Waals surface area contributed by atoms with E-state index in [1.165, 1.54) is 12.8 Å². The molecule has 0 amide bonds. The lowest BCUT2D eigenvalue weighted by molar-refractivity contribution is -0.119. The quantitative estimate of drug-likeness (QED) is 0.728. The van der Waals surface area contributed by atoms with Crippen LogP contribution in [0.4, 0.5) is 0 Å². The largest absolute Gasteiger partial charge is 0.298 e. The maximum atomic E-state index is 11.7. The van der Waals surface area contributed by atoms with Gasteiger partial charge in [0.1, 0.15) is 0 Å². The second kappa shape index (κ2) is 4.58. The molecule has 0 unspecified atom stereocenters. The van der Waals surface area contributed by atoms with Crippen LogP contribution < -0.4 is 0 Å². The van der Waals surface area contributed by atoms with Gasteiger partial charge in [-0.3, -0.25) is 9.69 Å². The molecule has 2 rings (SSSR count). The number of hydrogen-bond acceptors (Lipinski definition) is 2. The van der Waals surface area contributed by atoms with E-state index in [1.54, 1.807) is 0 Å². The smallest absolute Gasteiger partial charge is 0.151 e. The standard InChI is InChI=1S/C13H17NO/c1-14(12-7-8-12)10-13(15)9-11-5-3-2-4-6-11/h2-6,12H,7-10H2,1H3. The Labute approximate surface area is 90.9 Å². The lowest BCUT2D eigenvalue weighted by Crippen LogP contribution is -2.28. The highest BCUT2D eigenvalue weighted by Crippen LogP contribution is 2.24. The Morgan fingerprint density at radius 3 is 2.60 bits per heavy atom. The maximum absolute atomic E-state index is 11.7. The zero-order valence-electron chi connectivity index (χ0n) is 9.15. The predicted molar refractivity (Wildman–Crippen MR) is 60.8 cm³/mol. The van der Waals surface area contributed by atoms with Crippen molar-refractivity contribution in [3.8, 4) is 0 Å². The number of benzene rings is 1. The Bertz CT molecular complexity index is 330. The van der Waals surface area contributed by atoms with Crippen molar-refractivity contribution in [2.45, 2.75) is 25.3 Å². The molecule has 0 spiro atoms. The second-order valence-corrected chi connectivity index (χ2v) is 4.35. The van der Waals surface area contributed by atoms with Crippen molar-refractivity contribution in [2.24, 2.45) is 0 Å². The molecule has 1 aliphatic rings. The molecule has 0 aromatic heterocycles. The molecule has 1 saturated carbocycles. The Hall–Kier alpha value is -1.15. The summed E-state index contributed by atoms with van der Waals surface area (Å²) < 4.78 is 0. The van der Waals surface area contributed by atoms with E-state index in [1.807, 2.05) is 37.4 Å². The van der Waals surface area contributed by atoms with Crippen LogP contribution in [-0.2, 0) is 11.2 Å². The van der Waals surface area contributed by atoms with Crippen molar-refractivity contribution < 1.29 is 4.79 Å². The molecule has 0 bridgehead atoms. The SMILES string of the molecule is CN(CC(=O)Cc1ccccc1)C1CC1. The normalized spacial score (nSPS) is 15.6. The summed E-state index contributed by atoms with van der Waals surface area (Å²) in [6.07, 6.45) is 3.09. The van der Waals surface area contributed by atoms with Crippen LogP contribution in [0.2, 0.25) is 0 Å². The fourth-order valence-corrected chi connectivity index (χ4v) is 1.80. The molecule has 1 aromatic rings. The highest BCUT2D eigenvalue weighted by atomic mass is 16.1. The minimum absolute atomic E-state index is 0.315. The molecule has 0 N–H and O–H groups in total. The van der Waals surface area contributed by atoms with Gasteiger partial charge in [-0.2, -0.15) is 0 Å². The minimum atomic E-state index is 0.315. The van der Waals surface area contributed by atoms with Gasteiger partial charge < -0.3 is 0 Å². The summed E-state index contributed by atoms with van der Waals surface area (Å²) in [6.45, 7) is 0.597. The van der Waals surface area contributed by atoms with Gasteiger partial charge in [-0.1, -0.05) is 30.3 Å². The number of rotatable bonds is 5. The van der Waals surface area contributed by atoms with E-state index in [0.717, 1.165) is 5.56 Å². The van der Waals surface area contributed by atoms with Crippen LogP contribution in [-0.4, -0.2) is 30.3 Å². The molecular weight excluding hydrogens is 186 g/mol. The Balaban J connectivity index is 1.81. The van der Waals surface area contributed by atoms with Crippen LogP contribution in [0.3, 0.4) is 0 Å². The van der Waals surface area contributed by atoms with Crippen molar-refractivity contribution >= 4 is 5.78 Å². The van der Waals surface area contributed by atoms with Crippen LogP contribution in [0, 0.1) is 0 Å². The van der Waals surface area contributed by atoms with Crippen molar-refractivity contribution in [3.05, 3.63) is 35.9 Å². The average molecular weight is 203 g/mol. The van der Waals surface area contributed by atoms with Gasteiger partial charge in [0.15, 0.2) is 5.78 Å². The summed E-state index contributed by atoms with van der Waals surface area (Å²) in [7, 11) is 2.04. The molecule has 0 aliphatic heterocycles. The summed E-state index contributed by atoms with van der Waals surface area (Å²) in [5.74, 6) is 0.315. The van der Waals surface area contributed by atoms with Gasteiger partial charge in [0.05, 0.1) is 6.54 Å². The fraction of sp³-hybridized carbons (Fsp3) is 0.462. The van der Waals surface area contributed by atoms with Crippen molar-refractivity contribution in [2.75, 3.05) is 13.6 Å². The van der Waals surface area contributed by atoms with Gasteiger partial charge in [-0.05, 0) is 25.5 Å². The number of carbonyl (C=O) groups excluding carboxylic acids is 1. The van der Waals surface area contributed by atoms with Crippen LogP contribution in [0.1, 0.15) is 18.4 Å². The van der Waals surface area contributed by atoms with E-state index in [4.69, 9.17) is 0 Å². The Morgan fingerprint density at radius 1 is 1.33 bits per heavy atom. The van der Waals surface area contributed by atoms with Crippen molar-refractivity contribution in [3.63, 3.8) is 0 Å². The molecule has 80 valence electrons. The minimum Gasteiger partial charge on any atom is -0.298 e. The molecule has 2 nitrogen and oxygen atoms in total. The van der Waals surface area contributed by atoms with Crippen molar-refractivity contribution in [1.29, 1.82) is 0 Å². The van der Waals surface area contributed by atoms with Crippen LogP contribution in [0.5, 0.6) is 0 Å². The first-order chi connectivity index (χ1) is 7.25.